The highest BCUT2D eigenvalue weighted by atomic mass is 19.4. The van der Waals surface area contributed by atoms with Crippen LogP contribution in [0.3, 0.4) is 0 Å². The van der Waals surface area contributed by atoms with Crippen LogP contribution in [0.2, 0.25) is 0 Å². The van der Waals surface area contributed by atoms with E-state index >= 15 is 0 Å². The maximum atomic E-state index is 14.1. The van der Waals surface area contributed by atoms with Crippen molar-refractivity contribution in [1.29, 1.82) is 0 Å². The lowest BCUT2D eigenvalue weighted by Gasteiger charge is -2.37. The van der Waals surface area contributed by atoms with Crippen LogP contribution in [0.15, 0.2) is 0 Å². The van der Waals surface area contributed by atoms with Crippen LogP contribution in [0, 0.1) is 5.92 Å². The monoisotopic (exact) mass is 342 g/mol. The van der Waals surface area contributed by atoms with E-state index in [4.69, 9.17) is 14.2 Å². The van der Waals surface area contributed by atoms with Crippen LogP contribution in [0.1, 0.15) is 19.8 Å². The third-order valence-corrected chi connectivity index (χ3v) is 5.05. The molecule has 1 saturated carbocycles. The van der Waals surface area contributed by atoms with E-state index in [1.54, 1.807) is 6.92 Å². The topological polar surface area (TPSA) is 60.6 Å². The SMILES string of the molecule is CO[C@@H]1C(=O)[C@H](F)[C@]2(CO2)C[C@H]1[C@@]1(C)O[C@@H]1CCOC(F)(F)F. The molecule has 0 amide bonds. The molecule has 2 aliphatic heterocycles. The molecule has 23 heavy (non-hydrogen) atoms. The number of halogens is 4. The first-order valence-electron chi connectivity index (χ1n) is 7.36. The fourth-order valence-electron chi connectivity index (χ4n) is 3.55. The lowest BCUT2D eigenvalue weighted by Crippen LogP contribution is -2.55. The van der Waals surface area contributed by atoms with Crippen LogP contribution in [-0.4, -0.2) is 62.1 Å². The quantitative estimate of drug-likeness (QED) is 0.563. The Bertz CT molecular complexity index is 492. The number of hydrogen-bond donors (Lipinski definition) is 0. The van der Waals surface area contributed by atoms with Crippen LogP contribution in [0.25, 0.3) is 0 Å². The Balaban J connectivity index is 1.65. The van der Waals surface area contributed by atoms with Crippen LogP contribution < -0.4 is 0 Å². The van der Waals surface area contributed by atoms with E-state index in [1.165, 1.54) is 7.11 Å². The van der Waals surface area contributed by atoms with Crippen LogP contribution in [0.4, 0.5) is 17.6 Å². The Hall–Kier alpha value is -0.770. The van der Waals surface area contributed by atoms with Crippen molar-refractivity contribution in [2.24, 2.45) is 5.92 Å². The molecule has 0 unspecified atom stereocenters. The Morgan fingerprint density at radius 2 is 2.04 bits per heavy atom. The lowest BCUT2D eigenvalue weighted by atomic mass is 9.70. The molecule has 1 aliphatic carbocycles. The highest BCUT2D eigenvalue weighted by molar-refractivity contribution is 5.90. The summed E-state index contributed by atoms with van der Waals surface area (Å²) in [5, 5.41) is 0. The molecule has 2 heterocycles. The largest absolute Gasteiger partial charge is 0.522 e. The molecule has 5 nitrogen and oxygen atoms in total. The fraction of sp³-hybridized carbons (Fsp3) is 0.929. The highest BCUT2D eigenvalue weighted by Gasteiger charge is 2.70. The van der Waals surface area contributed by atoms with Gasteiger partial charge < -0.3 is 14.2 Å². The van der Waals surface area contributed by atoms with Crippen molar-refractivity contribution in [1.82, 2.24) is 0 Å². The van der Waals surface area contributed by atoms with Gasteiger partial charge in [-0.25, -0.2) is 4.39 Å². The molecule has 3 rings (SSSR count). The average Bonchev–Trinajstić information content (AvgIpc) is 3.34. The zero-order valence-electron chi connectivity index (χ0n) is 12.7. The maximum Gasteiger partial charge on any atom is 0.522 e. The summed E-state index contributed by atoms with van der Waals surface area (Å²) in [6, 6.07) is 0. The molecule has 0 radical (unpaired) electrons. The second-order valence-electron chi connectivity index (χ2n) is 6.46. The van der Waals surface area contributed by atoms with Crippen molar-refractivity contribution in [2.45, 2.75) is 55.7 Å². The predicted molar refractivity (Wildman–Crippen MR) is 67.4 cm³/mol. The van der Waals surface area contributed by atoms with Gasteiger partial charge in [-0.2, -0.15) is 0 Å². The molecule has 2 saturated heterocycles. The zero-order chi connectivity index (χ0) is 17.0. The first-order chi connectivity index (χ1) is 10.6. The molecule has 6 atom stereocenters. The normalized spacial score (nSPS) is 46.3. The van der Waals surface area contributed by atoms with Crippen LogP contribution in [-0.2, 0) is 23.7 Å². The summed E-state index contributed by atoms with van der Waals surface area (Å²) >= 11 is 0. The van der Waals surface area contributed by atoms with Gasteiger partial charge in [-0.15, -0.1) is 13.2 Å². The van der Waals surface area contributed by atoms with Gasteiger partial charge in [0.1, 0.15) is 11.7 Å². The fourth-order valence-corrected chi connectivity index (χ4v) is 3.55. The summed E-state index contributed by atoms with van der Waals surface area (Å²) in [7, 11) is 1.31. The predicted octanol–water partition coefficient (Wildman–Crippen LogP) is 1.78. The number of alkyl halides is 4. The molecule has 0 bridgehead atoms. The summed E-state index contributed by atoms with van der Waals surface area (Å²) < 4.78 is 69.7. The van der Waals surface area contributed by atoms with E-state index in [0.29, 0.717) is 0 Å². The number of ketones is 1. The van der Waals surface area contributed by atoms with Crippen LogP contribution >= 0.6 is 0 Å². The van der Waals surface area contributed by atoms with Gasteiger partial charge >= 0.3 is 6.36 Å². The van der Waals surface area contributed by atoms with Gasteiger partial charge in [0.2, 0.25) is 0 Å². The summed E-state index contributed by atoms with van der Waals surface area (Å²) in [4.78, 5) is 12.1. The summed E-state index contributed by atoms with van der Waals surface area (Å²) in [5.41, 5.74) is -1.96. The van der Waals surface area contributed by atoms with E-state index < -0.39 is 54.3 Å². The van der Waals surface area contributed by atoms with Crippen LogP contribution in [0.5, 0.6) is 0 Å². The molecule has 0 aromatic carbocycles. The van der Waals surface area contributed by atoms with Gasteiger partial charge in [0.25, 0.3) is 0 Å². The molecule has 0 aromatic rings. The zero-order valence-corrected chi connectivity index (χ0v) is 12.7. The third kappa shape index (κ3) is 2.99. The Kier molecular flexibility index (Phi) is 3.98. The lowest BCUT2D eigenvalue weighted by molar-refractivity contribution is -0.324. The van der Waals surface area contributed by atoms with Crippen molar-refractivity contribution in [3.63, 3.8) is 0 Å². The second-order valence-corrected chi connectivity index (χ2v) is 6.46. The molecule has 1 spiro atoms. The van der Waals surface area contributed by atoms with Gasteiger partial charge in [0, 0.05) is 19.4 Å². The maximum absolute atomic E-state index is 14.1. The van der Waals surface area contributed by atoms with Crippen molar-refractivity contribution in [3.05, 3.63) is 0 Å². The van der Waals surface area contributed by atoms with E-state index in [9.17, 15) is 22.4 Å². The van der Waals surface area contributed by atoms with Crippen molar-refractivity contribution < 1.29 is 41.3 Å². The van der Waals surface area contributed by atoms with Gasteiger partial charge in [0.05, 0.1) is 24.9 Å². The van der Waals surface area contributed by atoms with Gasteiger partial charge in [-0.05, 0) is 13.3 Å². The van der Waals surface area contributed by atoms with Crippen molar-refractivity contribution in [3.8, 4) is 0 Å². The van der Waals surface area contributed by atoms with Crippen molar-refractivity contribution >= 4 is 5.78 Å². The molecule has 0 N–H and O–H groups in total. The molecule has 132 valence electrons. The molecule has 9 heteroatoms. The molecular formula is C14H18F4O5. The third-order valence-electron chi connectivity index (χ3n) is 5.05. The highest BCUT2D eigenvalue weighted by Crippen LogP contribution is 2.55. The smallest absolute Gasteiger partial charge is 0.373 e. The Labute approximate surface area is 130 Å². The van der Waals surface area contributed by atoms with Crippen molar-refractivity contribution in [2.75, 3.05) is 20.3 Å². The Morgan fingerprint density at radius 1 is 1.39 bits per heavy atom. The molecule has 3 aliphatic rings. The van der Waals surface area contributed by atoms with E-state index in [2.05, 4.69) is 4.74 Å². The van der Waals surface area contributed by atoms with Gasteiger partial charge in [-0.3, -0.25) is 9.53 Å². The molecular weight excluding hydrogens is 324 g/mol. The first kappa shape index (κ1) is 17.1. The number of ether oxygens (including phenoxy) is 4. The second kappa shape index (κ2) is 5.37. The number of Topliss-reactive ketones (excluding diaryl/α,β-unsaturated/α-hetero) is 1. The van der Waals surface area contributed by atoms with E-state index in [0.717, 1.165) is 0 Å². The number of carbonyl (C=O) groups excluding carboxylic acids is 1. The number of rotatable bonds is 5. The minimum absolute atomic E-state index is 0.0318. The molecule has 3 fully saturated rings. The number of carbonyl (C=O) groups is 1. The number of epoxide rings is 2. The average molecular weight is 342 g/mol. The summed E-state index contributed by atoms with van der Waals surface area (Å²) in [5.74, 6) is -1.16. The Morgan fingerprint density at radius 3 is 2.57 bits per heavy atom. The van der Waals surface area contributed by atoms with E-state index in [-0.39, 0.29) is 19.4 Å². The summed E-state index contributed by atoms with van der Waals surface area (Å²) in [6.07, 6.45) is -7.63. The number of hydrogen-bond acceptors (Lipinski definition) is 5. The van der Waals surface area contributed by atoms with E-state index in [1.807, 2.05) is 0 Å². The summed E-state index contributed by atoms with van der Waals surface area (Å²) in [6.45, 7) is 1.32. The minimum Gasteiger partial charge on any atom is -0.373 e. The standard InChI is InChI=1S/C14H18F4O5/c1-12(8(23-12)3-4-21-14(16,17)18)7-5-13(6-22-13)11(15)9(19)10(7)20-2/h7-8,10-11H,3-6H2,1-2H3/t7-,8-,10+,11+,12-,13-/m1/s1. The minimum atomic E-state index is -4.69. The molecule has 0 aromatic heterocycles. The van der Waals surface area contributed by atoms with Gasteiger partial charge in [0.15, 0.2) is 12.0 Å². The first-order valence-corrected chi connectivity index (χ1v) is 7.36. The van der Waals surface area contributed by atoms with Gasteiger partial charge in [-0.1, -0.05) is 0 Å². The number of methoxy groups -OCH3 is 1.